The monoisotopic (exact) mass is 476 g/mol. The number of carbonyl (C=O) groups excluding carboxylic acids is 1. The minimum atomic E-state index is -0.564. The fourth-order valence-corrected chi connectivity index (χ4v) is 4.91. The molecule has 5 rings (SSSR count). The fourth-order valence-electron chi connectivity index (χ4n) is 4.91. The number of nitrogens with zero attached hydrogens (tertiary/aromatic N) is 5. The summed E-state index contributed by atoms with van der Waals surface area (Å²) in [5, 5.41) is 8.85. The number of halogens is 1. The molecule has 9 heteroatoms. The maximum Gasteiger partial charge on any atom is 0.291 e. The molecule has 1 N–H and O–H groups in total. The van der Waals surface area contributed by atoms with Crippen molar-refractivity contribution in [1.82, 2.24) is 24.6 Å². The molecule has 182 valence electrons. The number of fused-ring (bicyclic) bond motifs is 3. The standard InChI is InChI=1S/C26H29FN6O2/c1-18(33-22-9-5-3-7-19(22)20-17-29-30(2)26(35)24(20)33)25(34)28-11-12-31-13-15-32(16-14-31)23-10-6-4-8-21(23)27/h3-10,17-18H,11-16H2,1-2H3,(H,28,34)/t18-/m0/s1. The molecule has 0 spiro atoms. The van der Waals surface area contributed by atoms with Crippen molar-refractivity contribution < 1.29 is 9.18 Å². The van der Waals surface area contributed by atoms with Crippen LogP contribution in [0, 0.1) is 5.82 Å². The fraction of sp³-hybridized carbons (Fsp3) is 0.346. The Labute approximate surface area is 202 Å². The second-order valence-electron chi connectivity index (χ2n) is 8.97. The first kappa shape index (κ1) is 23.0. The van der Waals surface area contributed by atoms with Crippen LogP contribution in [-0.4, -0.2) is 64.4 Å². The molecule has 35 heavy (non-hydrogen) atoms. The molecule has 2 aromatic carbocycles. The van der Waals surface area contributed by atoms with Crippen LogP contribution in [0.1, 0.15) is 13.0 Å². The van der Waals surface area contributed by atoms with E-state index in [0.29, 0.717) is 24.3 Å². The molecule has 2 aromatic heterocycles. The van der Waals surface area contributed by atoms with Crippen LogP contribution in [0.3, 0.4) is 0 Å². The number of amides is 1. The van der Waals surface area contributed by atoms with Crippen LogP contribution in [0.25, 0.3) is 21.8 Å². The summed E-state index contributed by atoms with van der Waals surface area (Å²) in [4.78, 5) is 30.4. The first-order chi connectivity index (χ1) is 17.0. The lowest BCUT2D eigenvalue weighted by molar-refractivity contribution is -0.123. The van der Waals surface area contributed by atoms with Crippen LogP contribution in [0.2, 0.25) is 0 Å². The van der Waals surface area contributed by atoms with Gasteiger partial charge in [0.2, 0.25) is 5.91 Å². The Kier molecular flexibility index (Phi) is 6.25. The van der Waals surface area contributed by atoms with E-state index < -0.39 is 6.04 Å². The Bertz CT molecular complexity index is 1440. The summed E-state index contributed by atoms with van der Waals surface area (Å²) < 4.78 is 17.2. The molecule has 1 saturated heterocycles. The van der Waals surface area contributed by atoms with Crippen LogP contribution in [0.15, 0.2) is 59.5 Å². The number of hydrogen-bond acceptors (Lipinski definition) is 5. The average molecular weight is 477 g/mol. The van der Waals surface area contributed by atoms with Gasteiger partial charge < -0.3 is 14.8 Å². The van der Waals surface area contributed by atoms with Crippen LogP contribution >= 0.6 is 0 Å². The number of para-hydroxylation sites is 2. The minimum absolute atomic E-state index is 0.142. The van der Waals surface area contributed by atoms with Gasteiger partial charge in [-0.3, -0.25) is 14.5 Å². The van der Waals surface area contributed by atoms with Gasteiger partial charge in [0.05, 0.1) is 17.4 Å². The summed E-state index contributed by atoms with van der Waals surface area (Å²) in [6.45, 7) is 6.11. The van der Waals surface area contributed by atoms with Gasteiger partial charge in [-0.05, 0) is 25.1 Å². The van der Waals surface area contributed by atoms with Gasteiger partial charge in [0.25, 0.3) is 5.56 Å². The summed E-state index contributed by atoms with van der Waals surface area (Å²) >= 11 is 0. The maximum atomic E-state index is 14.1. The molecule has 4 aromatic rings. The third-order valence-corrected chi connectivity index (χ3v) is 6.87. The Morgan fingerprint density at radius 2 is 1.77 bits per heavy atom. The van der Waals surface area contributed by atoms with Gasteiger partial charge in [-0.2, -0.15) is 5.10 Å². The van der Waals surface area contributed by atoms with Crippen molar-refractivity contribution in [3.8, 4) is 0 Å². The SMILES string of the molecule is C[C@@H](C(=O)NCCN1CCN(c2ccccc2F)CC1)n1c2ccccc2c2cnn(C)c(=O)c21. The van der Waals surface area contributed by atoms with Gasteiger partial charge in [-0.1, -0.05) is 30.3 Å². The lowest BCUT2D eigenvalue weighted by atomic mass is 10.2. The number of aromatic nitrogens is 3. The van der Waals surface area contributed by atoms with E-state index in [0.717, 1.165) is 42.5 Å². The molecule has 1 aliphatic rings. The Balaban J connectivity index is 1.24. The molecule has 3 heterocycles. The van der Waals surface area contributed by atoms with E-state index in [1.54, 1.807) is 19.3 Å². The van der Waals surface area contributed by atoms with E-state index in [-0.39, 0.29) is 17.3 Å². The smallest absolute Gasteiger partial charge is 0.291 e. The van der Waals surface area contributed by atoms with Crippen molar-refractivity contribution in [3.63, 3.8) is 0 Å². The highest BCUT2D eigenvalue weighted by atomic mass is 19.1. The number of aryl methyl sites for hydroxylation is 1. The molecule has 1 fully saturated rings. The molecule has 0 saturated carbocycles. The number of carbonyl (C=O) groups is 1. The van der Waals surface area contributed by atoms with Crippen molar-refractivity contribution >= 4 is 33.4 Å². The number of rotatable bonds is 6. The molecule has 1 aliphatic heterocycles. The zero-order valence-corrected chi connectivity index (χ0v) is 19.9. The lowest BCUT2D eigenvalue weighted by Gasteiger charge is -2.36. The third-order valence-electron chi connectivity index (χ3n) is 6.87. The van der Waals surface area contributed by atoms with Crippen LogP contribution in [0.4, 0.5) is 10.1 Å². The molecule has 1 atom stereocenters. The van der Waals surface area contributed by atoms with E-state index in [2.05, 4.69) is 20.2 Å². The highest BCUT2D eigenvalue weighted by Gasteiger charge is 2.24. The molecular formula is C26H29FN6O2. The third kappa shape index (κ3) is 4.27. The van der Waals surface area contributed by atoms with E-state index in [9.17, 15) is 14.0 Å². The Morgan fingerprint density at radius 1 is 1.06 bits per heavy atom. The largest absolute Gasteiger partial charge is 0.367 e. The van der Waals surface area contributed by atoms with Gasteiger partial charge >= 0.3 is 0 Å². The number of hydrogen-bond donors (Lipinski definition) is 1. The van der Waals surface area contributed by atoms with Gasteiger partial charge in [-0.15, -0.1) is 0 Å². The average Bonchev–Trinajstić information content (AvgIpc) is 3.21. The Hall–Kier alpha value is -3.72. The molecule has 8 nitrogen and oxygen atoms in total. The second-order valence-corrected chi connectivity index (χ2v) is 8.97. The van der Waals surface area contributed by atoms with Crippen molar-refractivity contribution in [2.75, 3.05) is 44.2 Å². The van der Waals surface area contributed by atoms with Crippen LogP contribution < -0.4 is 15.8 Å². The van der Waals surface area contributed by atoms with Crippen LogP contribution in [-0.2, 0) is 11.8 Å². The van der Waals surface area contributed by atoms with E-state index in [1.165, 1.54) is 10.7 Å². The zero-order valence-electron chi connectivity index (χ0n) is 19.9. The predicted molar refractivity (Wildman–Crippen MR) is 135 cm³/mol. The summed E-state index contributed by atoms with van der Waals surface area (Å²) in [7, 11) is 1.61. The van der Waals surface area contributed by atoms with Crippen LogP contribution in [0.5, 0.6) is 0 Å². The summed E-state index contributed by atoms with van der Waals surface area (Å²) in [6.07, 6.45) is 1.68. The highest BCUT2D eigenvalue weighted by Crippen LogP contribution is 2.29. The quantitative estimate of drug-likeness (QED) is 0.463. The summed E-state index contributed by atoms with van der Waals surface area (Å²) in [6, 6.07) is 14.0. The van der Waals surface area contributed by atoms with Crippen molar-refractivity contribution in [3.05, 3.63) is 70.9 Å². The molecular weight excluding hydrogens is 447 g/mol. The molecule has 1 amide bonds. The normalized spacial score (nSPS) is 15.6. The topological polar surface area (TPSA) is 75.4 Å². The van der Waals surface area contributed by atoms with E-state index in [4.69, 9.17) is 0 Å². The second kappa shape index (κ2) is 9.50. The van der Waals surface area contributed by atoms with Crippen molar-refractivity contribution in [2.45, 2.75) is 13.0 Å². The van der Waals surface area contributed by atoms with Gasteiger partial charge in [0, 0.05) is 57.1 Å². The van der Waals surface area contributed by atoms with Gasteiger partial charge in [-0.25, -0.2) is 9.07 Å². The lowest BCUT2D eigenvalue weighted by Crippen LogP contribution is -2.49. The van der Waals surface area contributed by atoms with Crippen molar-refractivity contribution in [2.24, 2.45) is 7.05 Å². The van der Waals surface area contributed by atoms with Gasteiger partial charge in [0.1, 0.15) is 17.4 Å². The number of piperazine rings is 1. The molecule has 0 unspecified atom stereocenters. The molecule has 0 aliphatic carbocycles. The van der Waals surface area contributed by atoms with Gasteiger partial charge in [0.15, 0.2) is 0 Å². The van der Waals surface area contributed by atoms with E-state index >= 15 is 0 Å². The summed E-state index contributed by atoms with van der Waals surface area (Å²) in [5.74, 6) is -0.339. The number of nitrogens with one attached hydrogen (secondary N) is 1. The zero-order chi connectivity index (χ0) is 24.5. The van der Waals surface area contributed by atoms with E-state index in [1.807, 2.05) is 47.9 Å². The summed E-state index contributed by atoms with van der Waals surface area (Å²) in [5.41, 5.74) is 1.73. The Morgan fingerprint density at radius 3 is 2.54 bits per heavy atom. The highest BCUT2D eigenvalue weighted by molar-refractivity contribution is 6.08. The molecule has 0 radical (unpaired) electrons. The predicted octanol–water partition coefficient (Wildman–Crippen LogP) is 2.53. The maximum absolute atomic E-state index is 14.1. The van der Waals surface area contributed by atoms with Crippen molar-refractivity contribution in [1.29, 1.82) is 0 Å². The number of benzene rings is 2. The first-order valence-electron chi connectivity index (χ1n) is 11.9. The molecule has 0 bridgehead atoms. The first-order valence-corrected chi connectivity index (χ1v) is 11.9. The number of anilines is 1. The minimum Gasteiger partial charge on any atom is -0.367 e.